The molecule has 6 nitrogen and oxygen atoms in total. The van der Waals surface area contributed by atoms with Gasteiger partial charge in [0, 0.05) is 45.0 Å². The van der Waals surface area contributed by atoms with Gasteiger partial charge in [0.25, 0.3) is 0 Å². The fourth-order valence-electron chi connectivity index (χ4n) is 3.82. The molecule has 1 heterocycles. The molecule has 3 N–H and O–H groups in total. The molecule has 2 fully saturated rings. The Morgan fingerprint density at radius 1 is 1.41 bits per heavy atom. The maximum absolute atomic E-state index is 12.8. The molecule has 3 unspecified atom stereocenters. The number of hydrogen-bond donors (Lipinski definition) is 2. The van der Waals surface area contributed by atoms with Gasteiger partial charge in [0.15, 0.2) is 0 Å². The molecule has 7 heteroatoms. The van der Waals surface area contributed by atoms with Gasteiger partial charge in [-0.3, -0.25) is 9.59 Å². The quantitative estimate of drug-likeness (QED) is 0.786. The Morgan fingerprint density at radius 3 is 2.64 bits per heavy atom. The molecule has 128 valence electrons. The maximum Gasteiger partial charge on any atom is 0.243 e. The Labute approximate surface area is 138 Å². The molecule has 22 heavy (non-hydrogen) atoms. The van der Waals surface area contributed by atoms with E-state index in [0.717, 1.165) is 19.4 Å². The number of halogens is 1. The minimum atomic E-state index is -0.893. The molecule has 1 aliphatic carbocycles. The zero-order chi connectivity index (χ0) is 15.8. The van der Waals surface area contributed by atoms with Crippen molar-refractivity contribution in [2.45, 2.75) is 44.8 Å². The van der Waals surface area contributed by atoms with Crippen LogP contribution in [0, 0.1) is 11.3 Å². The molecule has 0 aromatic heterocycles. The number of carbonyl (C=O) groups is 2. The van der Waals surface area contributed by atoms with Crippen LogP contribution in [0.1, 0.15) is 33.1 Å². The minimum Gasteiger partial charge on any atom is -0.377 e. The number of rotatable bonds is 4. The number of likely N-dealkylation sites (N-methyl/N-ethyl adjacent to an activating group) is 1. The third-order valence-electron chi connectivity index (χ3n) is 5.34. The average molecular weight is 334 g/mol. The standard InChI is InChI=1S/C15H27N3O3.ClH/c1-14(2)12-10(6-5-9-21-12)15(14,16)13(20)18(4)8-7-11(19)17-3;/h10,12H,5-9,16H2,1-4H3,(H,17,19);1H. The molecular formula is C15H28ClN3O3. The average Bonchev–Trinajstić information content (AvgIpc) is 2.50. The van der Waals surface area contributed by atoms with Crippen molar-refractivity contribution in [1.82, 2.24) is 10.2 Å². The Hall–Kier alpha value is -0.850. The van der Waals surface area contributed by atoms with Crippen LogP contribution in [0.15, 0.2) is 0 Å². The minimum absolute atomic E-state index is 0. The Bertz CT molecular complexity index is 444. The van der Waals surface area contributed by atoms with Crippen LogP contribution in [0.25, 0.3) is 0 Å². The molecule has 0 radical (unpaired) electrons. The van der Waals surface area contributed by atoms with E-state index in [1.165, 1.54) is 0 Å². The predicted molar refractivity (Wildman–Crippen MR) is 86.7 cm³/mol. The lowest BCUT2D eigenvalue weighted by Gasteiger charge is -2.65. The van der Waals surface area contributed by atoms with E-state index < -0.39 is 5.54 Å². The predicted octanol–water partition coefficient (Wildman–Crippen LogP) is 0.535. The number of carbonyl (C=O) groups excluding carboxylic acids is 2. The van der Waals surface area contributed by atoms with E-state index in [-0.39, 0.29) is 41.7 Å². The summed E-state index contributed by atoms with van der Waals surface area (Å²) >= 11 is 0. The molecule has 3 atom stereocenters. The van der Waals surface area contributed by atoms with Crippen molar-refractivity contribution < 1.29 is 14.3 Å². The van der Waals surface area contributed by atoms with Crippen LogP contribution < -0.4 is 11.1 Å². The molecule has 0 spiro atoms. The third-order valence-corrected chi connectivity index (χ3v) is 5.34. The second kappa shape index (κ2) is 6.72. The summed E-state index contributed by atoms with van der Waals surface area (Å²) in [4.78, 5) is 25.7. The first-order chi connectivity index (χ1) is 9.76. The lowest BCUT2D eigenvalue weighted by atomic mass is 9.46. The van der Waals surface area contributed by atoms with Gasteiger partial charge in [0.05, 0.1) is 6.10 Å². The number of nitrogens with one attached hydrogen (secondary N) is 1. The van der Waals surface area contributed by atoms with Gasteiger partial charge in [-0.2, -0.15) is 0 Å². The fourth-order valence-corrected chi connectivity index (χ4v) is 3.82. The van der Waals surface area contributed by atoms with Crippen LogP contribution in [-0.4, -0.2) is 55.6 Å². The highest BCUT2D eigenvalue weighted by atomic mass is 35.5. The number of fused-ring (bicyclic) bond motifs is 1. The summed E-state index contributed by atoms with van der Waals surface area (Å²) in [7, 11) is 3.31. The molecule has 2 aliphatic rings. The summed E-state index contributed by atoms with van der Waals surface area (Å²) in [6.07, 6.45) is 2.23. The number of nitrogens with zero attached hydrogens (tertiary/aromatic N) is 1. The molecule has 2 rings (SSSR count). The van der Waals surface area contributed by atoms with Crippen LogP contribution >= 0.6 is 12.4 Å². The molecule has 1 saturated carbocycles. The molecular weight excluding hydrogens is 306 g/mol. The monoisotopic (exact) mass is 333 g/mol. The van der Waals surface area contributed by atoms with Gasteiger partial charge < -0.3 is 20.7 Å². The van der Waals surface area contributed by atoms with Gasteiger partial charge in [-0.05, 0) is 12.8 Å². The van der Waals surface area contributed by atoms with Gasteiger partial charge in [0.2, 0.25) is 11.8 Å². The highest BCUT2D eigenvalue weighted by Gasteiger charge is 2.70. The largest absolute Gasteiger partial charge is 0.377 e. The first-order valence-electron chi connectivity index (χ1n) is 7.63. The zero-order valence-electron chi connectivity index (χ0n) is 13.8. The topological polar surface area (TPSA) is 84.7 Å². The summed E-state index contributed by atoms with van der Waals surface area (Å²) in [5.41, 5.74) is 5.27. The Balaban J connectivity index is 0.00000242. The summed E-state index contributed by atoms with van der Waals surface area (Å²) in [6.45, 7) is 5.14. The first kappa shape index (κ1) is 19.2. The van der Waals surface area contributed by atoms with E-state index in [0.29, 0.717) is 13.0 Å². The molecule has 0 aromatic carbocycles. The highest BCUT2D eigenvalue weighted by molar-refractivity contribution is 5.89. The molecule has 0 aromatic rings. The van der Waals surface area contributed by atoms with Gasteiger partial charge in [-0.15, -0.1) is 12.4 Å². The maximum atomic E-state index is 12.8. The summed E-state index contributed by atoms with van der Waals surface area (Å²) < 4.78 is 5.82. The van der Waals surface area contributed by atoms with Crippen molar-refractivity contribution in [1.29, 1.82) is 0 Å². The normalized spacial score (nSPS) is 32.0. The van der Waals surface area contributed by atoms with E-state index in [2.05, 4.69) is 5.32 Å². The molecule has 1 aliphatic heterocycles. The second-order valence-electron chi connectivity index (χ2n) is 6.78. The van der Waals surface area contributed by atoms with E-state index in [9.17, 15) is 9.59 Å². The number of amides is 2. The van der Waals surface area contributed by atoms with Crippen molar-refractivity contribution in [3.63, 3.8) is 0 Å². The van der Waals surface area contributed by atoms with Crippen molar-refractivity contribution in [2.75, 3.05) is 27.2 Å². The smallest absolute Gasteiger partial charge is 0.243 e. The lowest BCUT2D eigenvalue weighted by Crippen LogP contribution is -2.82. The van der Waals surface area contributed by atoms with E-state index in [1.54, 1.807) is 19.0 Å². The van der Waals surface area contributed by atoms with E-state index in [1.807, 2.05) is 13.8 Å². The molecule has 1 saturated heterocycles. The van der Waals surface area contributed by atoms with Crippen LogP contribution in [-0.2, 0) is 14.3 Å². The van der Waals surface area contributed by atoms with Crippen LogP contribution in [0.4, 0.5) is 0 Å². The third kappa shape index (κ3) is 2.72. The molecule has 2 amide bonds. The van der Waals surface area contributed by atoms with Crippen molar-refractivity contribution in [2.24, 2.45) is 17.1 Å². The fraction of sp³-hybridized carbons (Fsp3) is 0.867. The van der Waals surface area contributed by atoms with Gasteiger partial charge in [0.1, 0.15) is 5.54 Å². The second-order valence-corrected chi connectivity index (χ2v) is 6.78. The van der Waals surface area contributed by atoms with Crippen LogP contribution in [0.5, 0.6) is 0 Å². The van der Waals surface area contributed by atoms with Gasteiger partial charge >= 0.3 is 0 Å². The Kier molecular flexibility index (Phi) is 5.87. The molecule has 0 bridgehead atoms. The zero-order valence-corrected chi connectivity index (χ0v) is 14.7. The lowest BCUT2D eigenvalue weighted by molar-refractivity contribution is -0.229. The summed E-state index contributed by atoms with van der Waals surface area (Å²) in [5.74, 6) is -0.0770. The Morgan fingerprint density at radius 2 is 2.05 bits per heavy atom. The van der Waals surface area contributed by atoms with E-state index >= 15 is 0 Å². The van der Waals surface area contributed by atoms with Crippen molar-refractivity contribution in [3.8, 4) is 0 Å². The summed E-state index contributed by atoms with van der Waals surface area (Å²) in [5, 5.41) is 2.56. The highest BCUT2D eigenvalue weighted by Crippen LogP contribution is 2.57. The SMILES string of the molecule is CNC(=O)CCN(C)C(=O)C1(N)C2CCCOC2C1(C)C.Cl. The van der Waals surface area contributed by atoms with Crippen molar-refractivity contribution in [3.05, 3.63) is 0 Å². The van der Waals surface area contributed by atoms with Crippen LogP contribution in [0.3, 0.4) is 0 Å². The van der Waals surface area contributed by atoms with Crippen molar-refractivity contribution >= 4 is 24.2 Å². The van der Waals surface area contributed by atoms with E-state index in [4.69, 9.17) is 10.5 Å². The summed E-state index contributed by atoms with van der Waals surface area (Å²) in [6, 6.07) is 0. The number of nitrogens with two attached hydrogens (primary N) is 1. The van der Waals surface area contributed by atoms with Gasteiger partial charge in [-0.1, -0.05) is 13.8 Å². The van der Waals surface area contributed by atoms with Gasteiger partial charge in [-0.25, -0.2) is 0 Å². The number of hydrogen-bond acceptors (Lipinski definition) is 4. The first-order valence-corrected chi connectivity index (χ1v) is 7.63. The number of ether oxygens (including phenoxy) is 1. The van der Waals surface area contributed by atoms with Crippen LogP contribution in [0.2, 0.25) is 0 Å².